The Labute approximate surface area is 304 Å². The van der Waals surface area contributed by atoms with Crippen LogP contribution in [0.15, 0.2) is 180 Å². The Morgan fingerprint density at radius 1 is 0.321 bits per heavy atom. The molecule has 4 heteroatoms. The lowest BCUT2D eigenvalue weighted by molar-refractivity contribution is 0.670. The van der Waals surface area contributed by atoms with Crippen LogP contribution in [0.2, 0.25) is 0 Å². The summed E-state index contributed by atoms with van der Waals surface area (Å²) in [5, 5.41) is 11.6. The van der Waals surface area contributed by atoms with Gasteiger partial charge in [-0.1, -0.05) is 164 Å². The molecule has 0 bridgehead atoms. The van der Waals surface area contributed by atoms with Crippen molar-refractivity contribution in [2.75, 3.05) is 0 Å². The standard InChI is InChI=1S/C49H29N3O/c1-3-12-30(13-4-1)37-20-11-21-42-45-41-19-10-9-18-38(41)43(29-44(45)53-46(37)42)49-51-47(32-15-5-2-6-16-32)50-48(52-49)34-24-25-36-33(28-34)23-27-39-35-17-8-7-14-31(35)22-26-40(36)39/h1-29H. The Bertz CT molecular complexity index is 3220. The maximum atomic E-state index is 6.78. The SMILES string of the molecule is c1ccc(-c2nc(-c3ccc4c(ccc5c6ccccc6ccc45)c3)nc(-c3cc4oc5c(-c6ccccc6)cccc5c4c4ccccc34)n2)cc1. The van der Waals surface area contributed by atoms with Crippen LogP contribution in [0.1, 0.15) is 0 Å². The molecular formula is C49H29N3O. The first-order valence-electron chi connectivity index (χ1n) is 17.9. The molecule has 0 saturated carbocycles. The molecule has 9 aromatic carbocycles. The molecule has 11 rings (SSSR count). The average Bonchev–Trinajstić information content (AvgIpc) is 3.62. The zero-order chi connectivity index (χ0) is 34.9. The van der Waals surface area contributed by atoms with Gasteiger partial charge in [0.05, 0.1) is 0 Å². The number of benzene rings is 9. The molecule has 0 radical (unpaired) electrons. The Kier molecular flexibility index (Phi) is 6.52. The number of fused-ring (bicyclic) bond motifs is 10. The molecule has 0 amide bonds. The minimum absolute atomic E-state index is 0.598. The van der Waals surface area contributed by atoms with Crippen molar-refractivity contribution < 1.29 is 4.42 Å². The Hall–Kier alpha value is -7.17. The summed E-state index contributed by atoms with van der Waals surface area (Å²) in [7, 11) is 0. The minimum Gasteiger partial charge on any atom is -0.455 e. The van der Waals surface area contributed by atoms with Crippen molar-refractivity contribution in [3.63, 3.8) is 0 Å². The zero-order valence-corrected chi connectivity index (χ0v) is 28.5. The molecule has 0 saturated heterocycles. The average molecular weight is 676 g/mol. The quantitative estimate of drug-likeness (QED) is 0.174. The number of hydrogen-bond acceptors (Lipinski definition) is 4. The van der Waals surface area contributed by atoms with E-state index in [9.17, 15) is 0 Å². The first-order valence-corrected chi connectivity index (χ1v) is 17.9. The van der Waals surface area contributed by atoms with Crippen LogP contribution >= 0.6 is 0 Å². The Balaban J connectivity index is 1.14. The molecule has 11 aromatic rings. The van der Waals surface area contributed by atoms with Gasteiger partial charge < -0.3 is 4.42 Å². The fourth-order valence-corrected chi connectivity index (χ4v) is 8.00. The van der Waals surface area contributed by atoms with Gasteiger partial charge in [-0.05, 0) is 60.8 Å². The molecule has 0 aliphatic carbocycles. The fourth-order valence-electron chi connectivity index (χ4n) is 8.00. The highest BCUT2D eigenvalue weighted by molar-refractivity contribution is 6.23. The van der Waals surface area contributed by atoms with Gasteiger partial charge in [0.2, 0.25) is 0 Å². The van der Waals surface area contributed by atoms with E-state index >= 15 is 0 Å². The summed E-state index contributed by atoms with van der Waals surface area (Å²) in [6, 6.07) is 61.5. The van der Waals surface area contributed by atoms with Crippen molar-refractivity contribution >= 4 is 65.0 Å². The largest absolute Gasteiger partial charge is 0.455 e. The number of para-hydroxylation sites is 1. The lowest BCUT2D eigenvalue weighted by Crippen LogP contribution is -2.00. The molecule has 246 valence electrons. The topological polar surface area (TPSA) is 51.8 Å². The third kappa shape index (κ3) is 4.73. The molecule has 53 heavy (non-hydrogen) atoms. The van der Waals surface area contributed by atoms with Crippen molar-refractivity contribution in [3.05, 3.63) is 176 Å². The van der Waals surface area contributed by atoms with Crippen molar-refractivity contribution in [2.45, 2.75) is 0 Å². The maximum Gasteiger partial charge on any atom is 0.164 e. The van der Waals surface area contributed by atoms with Crippen molar-refractivity contribution in [1.82, 2.24) is 15.0 Å². The van der Waals surface area contributed by atoms with Gasteiger partial charge in [-0.2, -0.15) is 0 Å². The van der Waals surface area contributed by atoms with Gasteiger partial charge in [-0.25, -0.2) is 15.0 Å². The molecule has 0 N–H and O–H groups in total. The van der Waals surface area contributed by atoms with Gasteiger partial charge in [0, 0.05) is 33.0 Å². The van der Waals surface area contributed by atoms with E-state index in [2.05, 4.69) is 140 Å². The highest BCUT2D eigenvalue weighted by Crippen LogP contribution is 2.42. The summed E-state index contributed by atoms with van der Waals surface area (Å²) < 4.78 is 6.78. The molecule has 2 aromatic heterocycles. The van der Waals surface area contributed by atoms with Crippen molar-refractivity contribution in [1.29, 1.82) is 0 Å². The molecule has 2 heterocycles. The molecular weight excluding hydrogens is 647 g/mol. The van der Waals surface area contributed by atoms with E-state index < -0.39 is 0 Å². The second-order valence-corrected chi connectivity index (χ2v) is 13.5. The van der Waals surface area contributed by atoms with E-state index in [1.807, 2.05) is 36.4 Å². The molecule has 0 aliphatic rings. The van der Waals surface area contributed by atoms with Crippen LogP contribution in [0, 0.1) is 0 Å². The summed E-state index contributed by atoms with van der Waals surface area (Å²) in [6.45, 7) is 0. The van der Waals surface area contributed by atoms with Gasteiger partial charge >= 0.3 is 0 Å². The van der Waals surface area contributed by atoms with Gasteiger partial charge in [0.1, 0.15) is 11.2 Å². The van der Waals surface area contributed by atoms with Crippen LogP contribution in [0.3, 0.4) is 0 Å². The summed E-state index contributed by atoms with van der Waals surface area (Å²) in [5.74, 6) is 1.84. The van der Waals surface area contributed by atoms with E-state index in [1.54, 1.807) is 0 Å². The third-order valence-corrected chi connectivity index (χ3v) is 10.5. The van der Waals surface area contributed by atoms with Crippen molar-refractivity contribution in [3.8, 4) is 45.3 Å². The van der Waals surface area contributed by atoms with Crippen LogP contribution in [0.4, 0.5) is 0 Å². The van der Waals surface area contributed by atoms with E-state index in [1.165, 1.54) is 26.9 Å². The predicted octanol–water partition coefficient (Wildman–Crippen LogP) is 13.1. The molecule has 0 unspecified atom stereocenters. The predicted molar refractivity (Wildman–Crippen MR) is 219 cm³/mol. The molecule has 0 spiro atoms. The van der Waals surface area contributed by atoms with E-state index in [0.29, 0.717) is 17.5 Å². The second-order valence-electron chi connectivity index (χ2n) is 13.5. The van der Waals surface area contributed by atoms with E-state index in [0.717, 1.165) is 65.9 Å². The normalized spacial score (nSPS) is 11.8. The van der Waals surface area contributed by atoms with Crippen LogP contribution in [-0.2, 0) is 0 Å². The lowest BCUT2D eigenvalue weighted by Gasteiger charge is -2.12. The van der Waals surface area contributed by atoms with Gasteiger partial charge in [-0.15, -0.1) is 0 Å². The van der Waals surface area contributed by atoms with Gasteiger partial charge in [0.25, 0.3) is 0 Å². The Morgan fingerprint density at radius 2 is 0.906 bits per heavy atom. The van der Waals surface area contributed by atoms with E-state index in [4.69, 9.17) is 19.4 Å². The van der Waals surface area contributed by atoms with Crippen LogP contribution in [0.25, 0.3) is 110 Å². The number of rotatable bonds is 4. The molecule has 0 fully saturated rings. The van der Waals surface area contributed by atoms with E-state index in [-0.39, 0.29) is 0 Å². The number of furan rings is 1. The molecule has 4 nitrogen and oxygen atoms in total. The monoisotopic (exact) mass is 675 g/mol. The first-order chi connectivity index (χ1) is 26.3. The summed E-state index contributed by atoms with van der Waals surface area (Å²) in [4.78, 5) is 15.5. The second kappa shape index (κ2) is 11.7. The third-order valence-electron chi connectivity index (χ3n) is 10.5. The van der Waals surface area contributed by atoms with Gasteiger partial charge in [-0.3, -0.25) is 0 Å². The van der Waals surface area contributed by atoms with Crippen LogP contribution < -0.4 is 0 Å². The summed E-state index contributed by atoms with van der Waals surface area (Å²) in [6.07, 6.45) is 0. The van der Waals surface area contributed by atoms with Crippen LogP contribution in [-0.4, -0.2) is 15.0 Å². The molecule has 0 aliphatic heterocycles. The highest BCUT2D eigenvalue weighted by atomic mass is 16.3. The van der Waals surface area contributed by atoms with Crippen molar-refractivity contribution in [2.24, 2.45) is 0 Å². The smallest absolute Gasteiger partial charge is 0.164 e. The first kappa shape index (κ1) is 29.5. The van der Waals surface area contributed by atoms with Crippen LogP contribution in [0.5, 0.6) is 0 Å². The summed E-state index contributed by atoms with van der Waals surface area (Å²) >= 11 is 0. The van der Waals surface area contributed by atoms with Gasteiger partial charge in [0.15, 0.2) is 17.5 Å². The maximum absolute atomic E-state index is 6.78. The number of nitrogens with zero attached hydrogens (tertiary/aromatic N) is 3. The summed E-state index contributed by atoms with van der Waals surface area (Å²) in [5.41, 5.74) is 6.61. The minimum atomic E-state index is 0.598. The highest BCUT2D eigenvalue weighted by Gasteiger charge is 2.20. The zero-order valence-electron chi connectivity index (χ0n) is 28.5. The fraction of sp³-hybridized carbons (Fsp3) is 0. The Morgan fingerprint density at radius 3 is 1.70 bits per heavy atom. The molecule has 0 atom stereocenters. The number of aromatic nitrogens is 3. The lowest BCUT2D eigenvalue weighted by atomic mass is 9.96. The number of hydrogen-bond donors (Lipinski definition) is 0.